The van der Waals surface area contributed by atoms with E-state index in [0.29, 0.717) is 19.6 Å². The number of halogens is 1. The van der Waals surface area contributed by atoms with E-state index in [9.17, 15) is 4.79 Å². The Labute approximate surface area is 133 Å². The fraction of sp³-hybridized carbons (Fsp3) is 0.562. The third-order valence-electron chi connectivity index (χ3n) is 3.64. The fourth-order valence-electron chi connectivity index (χ4n) is 1.89. The molecule has 21 heavy (non-hydrogen) atoms. The van der Waals surface area contributed by atoms with E-state index < -0.39 is 0 Å². The molecule has 0 aliphatic carbocycles. The van der Waals surface area contributed by atoms with Crippen molar-refractivity contribution in [1.82, 2.24) is 5.32 Å². The van der Waals surface area contributed by atoms with Gasteiger partial charge in [0.2, 0.25) is 5.91 Å². The van der Waals surface area contributed by atoms with Gasteiger partial charge in [0.15, 0.2) is 0 Å². The largest absolute Gasteiger partial charge is 0.494 e. The van der Waals surface area contributed by atoms with Crippen LogP contribution in [0.5, 0.6) is 5.75 Å². The van der Waals surface area contributed by atoms with Crippen LogP contribution in [-0.2, 0) is 11.2 Å². The number of rotatable bonds is 8. The Balaban J connectivity index is 0.00000400. The van der Waals surface area contributed by atoms with Gasteiger partial charge < -0.3 is 15.8 Å². The number of nitrogens with one attached hydrogen (secondary N) is 1. The van der Waals surface area contributed by atoms with E-state index in [1.807, 2.05) is 45.0 Å². The minimum Gasteiger partial charge on any atom is -0.494 e. The smallest absolute Gasteiger partial charge is 0.224 e. The van der Waals surface area contributed by atoms with Crippen LogP contribution in [0, 0.1) is 0 Å². The Hall–Kier alpha value is -1.26. The number of carbonyl (C=O) groups excluding carboxylic acids is 1. The molecular formula is C16H27ClN2O2. The van der Waals surface area contributed by atoms with Crippen molar-refractivity contribution >= 4 is 18.3 Å². The van der Waals surface area contributed by atoms with Gasteiger partial charge in [0, 0.05) is 12.1 Å². The molecule has 0 aliphatic rings. The average Bonchev–Trinajstić information content (AvgIpc) is 2.47. The highest BCUT2D eigenvalue weighted by molar-refractivity contribution is 5.85. The summed E-state index contributed by atoms with van der Waals surface area (Å²) in [4.78, 5) is 11.9. The standard InChI is InChI=1S/C16H26N2O2.ClH/c1-4-16(17,5-2)12-18-15(19)11-13-7-9-14(10-8-13)20-6-3;/h7-10H,4-6,11-12,17H2,1-3H3,(H,18,19);1H. The number of ether oxygens (including phenoxy) is 1. The minimum atomic E-state index is -0.297. The summed E-state index contributed by atoms with van der Waals surface area (Å²) in [5.74, 6) is 0.834. The van der Waals surface area contributed by atoms with Gasteiger partial charge in [0.1, 0.15) is 5.75 Å². The predicted molar refractivity (Wildman–Crippen MR) is 89.1 cm³/mol. The van der Waals surface area contributed by atoms with Crippen LogP contribution in [0.3, 0.4) is 0 Å². The van der Waals surface area contributed by atoms with Crippen molar-refractivity contribution in [2.45, 2.75) is 45.6 Å². The highest BCUT2D eigenvalue weighted by atomic mass is 35.5. The maximum absolute atomic E-state index is 11.9. The fourth-order valence-corrected chi connectivity index (χ4v) is 1.89. The zero-order valence-corrected chi connectivity index (χ0v) is 14.0. The second-order valence-electron chi connectivity index (χ2n) is 5.10. The Morgan fingerprint density at radius 2 is 1.76 bits per heavy atom. The van der Waals surface area contributed by atoms with E-state index in [0.717, 1.165) is 24.2 Å². The predicted octanol–water partition coefficient (Wildman–Crippen LogP) is 2.68. The normalized spacial score (nSPS) is 10.7. The van der Waals surface area contributed by atoms with E-state index in [2.05, 4.69) is 5.32 Å². The lowest BCUT2D eigenvalue weighted by molar-refractivity contribution is -0.120. The van der Waals surface area contributed by atoms with Gasteiger partial charge in [-0.15, -0.1) is 12.4 Å². The average molecular weight is 315 g/mol. The van der Waals surface area contributed by atoms with E-state index in [4.69, 9.17) is 10.5 Å². The van der Waals surface area contributed by atoms with E-state index >= 15 is 0 Å². The monoisotopic (exact) mass is 314 g/mol. The van der Waals surface area contributed by atoms with Gasteiger partial charge in [-0.25, -0.2) is 0 Å². The van der Waals surface area contributed by atoms with Gasteiger partial charge in [-0.3, -0.25) is 4.79 Å². The Kier molecular flexibility index (Phi) is 9.06. The zero-order chi connectivity index (χ0) is 15.0. The summed E-state index contributed by atoms with van der Waals surface area (Å²) in [6.45, 7) is 7.20. The zero-order valence-electron chi connectivity index (χ0n) is 13.1. The lowest BCUT2D eigenvalue weighted by Gasteiger charge is -2.26. The summed E-state index contributed by atoms with van der Waals surface area (Å²) in [6, 6.07) is 7.61. The Morgan fingerprint density at radius 3 is 2.24 bits per heavy atom. The van der Waals surface area contributed by atoms with Crippen LogP contribution in [0.25, 0.3) is 0 Å². The third kappa shape index (κ3) is 6.82. The first-order valence-electron chi connectivity index (χ1n) is 7.30. The van der Waals surface area contributed by atoms with Gasteiger partial charge in [0.25, 0.3) is 0 Å². The highest BCUT2D eigenvalue weighted by Crippen LogP contribution is 2.13. The number of amides is 1. The first kappa shape index (κ1) is 19.7. The molecule has 0 fully saturated rings. The van der Waals surface area contributed by atoms with Crippen LogP contribution in [0.1, 0.15) is 39.2 Å². The molecule has 0 saturated heterocycles. The molecule has 0 aliphatic heterocycles. The molecule has 120 valence electrons. The summed E-state index contributed by atoms with van der Waals surface area (Å²) in [7, 11) is 0. The lowest BCUT2D eigenvalue weighted by Crippen LogP contribution is -2.49. The molecule has 0 saturated carbocycles. The van der Waals surface area contributed by atoms with E-state index in [1.165, 1.54) is 0 Å². The molecule has 1 amide bonds. The molecule has 0 bridgehead atoms. The quantitative estimate of drug-likeness (QED) is 0.775. The van der Waals surface area contributed by atoms with Crippen LogP contribution in [0.2, 0.25) is 0 Å². The summed E-state index contributed by atoms with van der Waals surface area (Å²) in [6.07, 6.45) is 2.08. The van der Waals surface area contributed by atoms with Crippen molar-refractivity contribution in [3.8, 4) is 5.75 Å². The molecule has 5 heteroatoms. The molecule has 4 nitrogen and oxygen atoms in total. The molecule has 1 aromatic rings. The van der Waals surface area contributed by atoms with Crippen LogP contribution in [0.4, 0.5) is 0 Å². The molecule has 0 atom stereocenters. The second kappa shape index (κ2) is 9.64. The van der Waals surface area contributed by atoms with Gasteiger partial charge in [-0.2, -0.15) is 0 Å². The van der Waals surface area contributed by atoms with Crippen molar-refractivity contribution in [2.24, 2.45) is 5.73 Å². The summed E-state index contributed by atoms with van der Waals surface area (Å²) in [5, 5.41) is 2.92. The Bertz CT molecular complexity index is 417. The summed E-state index contributed by atoms with van der Waals surface area (Å²) < 4.78 is 5.37. The van der Waals surface area contributed by atoms with Crippen molar-refractivity contribution < 1.29 is 9.53 Å². The number of carbonyl (C=O) groups is 1. The topological polar surface area (TPSA) is 64.3 Å². The molecular weight excluding hydrogens is 288 g/mol. The van der Waals surface area contributed by atoms with Crippen LogP contribution in [0.15, 0.2) is 24.3 Å². The molecule has 1 aromatic carbocycles. The number of hydrogen-bond donors (Lipinski definition) is 2. The third-order valence-corrected chi connectivity index (χ3v) is 3.64. The first-order chi connectivity index (χ1) is 9.53. The van der Waals surface area contributed by atoms with Gasteiger partial charge >= 0.3 is 0 Å². The lowest BCUT2D eigenvalue weighted by atomic mass is 9.94. The van der Waals surface area contributed by atoms with Crippen LogP contribution >= 0.6 is 12.4 Å². The Morgan fingerprint density at radius 1 is 1.19 bits per heavy atom. The summed E-state index contributed by atoms with van der Waals surface area (Å²) in [5.41, 5.74) is 6.84. The van der Waals surface area contributed by atoms with Gasteiger partial charge in [-0.05, 0) is 37.5 Å². The maximum Gasteiger partial charge on any atom is 0.224 e. The number of hydrogen-bond acceptors (Lipinski definition) is 3. The molecule has 0 radical (unpaired) electrons. The SMILES string of the molecule is CCOc1ccc(CC(=O)NCC(N)(CC)CC)cc1.Cl. The van der Waals surface area contributed by atoms with Gasteiger partial charge in [-0.1, -0.05) is 26.0 Å². The summed E-state index contributed by atoms with van der Waals surface area (Å²) >= 11 is 0. The van der Waals surface area contributed by atoms with Crippen molar-refractivity contribution in [3.63, 3.8) is 0 Å². The molecule has 1 rings (SSSR count). The second-order valence-corrected chi connectivity index (χ2v) is 5.10. The molecule has 0 aromatic heterocycles. The van der Waals surface area contributed by atoms with E-state index in [1.54, 1.807) is 0 Å². The maximum atomic E-state index is 11.9. The number of benzene rings is 1. The van der Waals surface area contributed by atoms with E-state index in [-0.39, 0.29) is 23.9 Å². The first-order valence-corrected chi connectivity index (χ1v) is 7.30. The number of nitrogens with two attached hydrogens (primary N) is 1. The molecule has 0 unspecified atom stereocenters. The van der Waals surface area contributed by atoms with Crippen molar-refractivity contribution in [3.05, 3.63) is 29.8 Å². The molecule has 0 spiro atoms. The van der Waals surface area contributed by atoms with Crippen LogP contribution in [-0.4, -0.2) is 24.6 Å². The van der Waals surface area contributed by atoms with Crippen LogP contribution < -0.4 is 15.8 Å². The minimum absolute atomic E-state index is 0. The highest BCUT2D eigenvalue weighted by Gasteiger charge is 2.20. The molecule has 0 heterocycles. The van der Waals surface area contributed by atoms with Gasteiger partial charge in [0.05, 0.1) is 13.0 Å². The van der Waals surface area contributed by atoms with Crippen molar-refractivity contribution in [1.29, 1.82) is 0 Å². The van der Waals surface area contributed by atoms with Crippen molar-refractivity contribution in [2.75, 3.05) is 13.2 Å². The molecule has 3 N–H and O–H groups in total.